The number of halogens is 1. The molecule has 0 radical (unpaired) electrons. The van der Waals surface area contributed by atoms with Gasteiger partial charge in [0.1, 0.15) is 11.9 Å². The van der Waals surface area contributed by atoms with Gasteiger partial charge in [0.25, 0.3) is 0 Å². The van der Waals surface area contributed by atoms with E-state index in [1.165, 1.54) is 5.56 Å². The minimum atomic E-state index is -0.157. The van der Waals surface area contributed by atoms with Gasteiger partial charge >= 0.3 is 0 Å². The summed E-state index contributed by atoms with van der Waals surface area (Å²) in [5.74, 6) is -0.157. The summed E-state index contributed by atoms with van der Waals surface area (Å²) in [6, 6.07) is 5.08. The van der Waals surface area contributed by atoms with Crippen molar-refractivity contribution in [1.29, 1.82) is 0 Å². The van der Waals surface area contributed by atoms with Crippen molar-refractivity contribution < 1.29 is 9.13 Å². The molecule has 2 aliphatic rings. The van der Waals surface area contributed by atoms with E-state index in [1.54, 1.807) is 12.1 Å². The average molecular weight is 192 g/mol. The van der Waals surface area contributed by atoms with Crippen LogP contribution in [0.25, 0.3) is 0 Å². The van der Waals surface area contributed by atoms with Crippen molar-refractivity contribution in [3.8, 4) is 0 Å². The molecule has 1 nitrogen and oxygen atoms in total. The summed E-state index contributed by atoms with van der Waals surface area (Å²) >= 11 is 0. The van der Waals surface area contributed by atoms with Gasteiger partial charge in [-0.3, -0.25) is 0 Å². The standard InChI is InChI=1S/C12H13FO/c1-12(2)6-10-11(14-10)8-5-7(13)3-4-9(8)12/h3-5,10-11H,6H2,1-2H3. The molecule has 0 spiro atoms. The van der Waals surface area contributed by atoms with Crippen LogP contribution in [0.5, 0.6) is 0 Å². The highest BCUT2D eigenvalue weighted by molar-refractivity contribution is 5.41. The molecular formula is C12H13FO. The molecule has 1 saturated heterocycles. The van der Waals surface area contributed by atoms with Crippen LogP contribution in [0.3, 0.4) is 0 Å². The van der Waals surface area contributed by atoms with Crippen molar-refractivity contribution in [2.75, 3.05) is 0 Å². The van der Waals surface area contributed by atoms with Crippen molar-refractivity contribution in [3.05, 3.63) is 35.1 Å². The summed E-state index contributed by atoms with van der Waals surface area (Å²) in [4.78, 5) is 0. The molecule has 3 rings (SSSR count). The summed E-state index contributed by atoms with van der Waals surface area (Å²) in [5, 5.41) is 0. The molecule has 0 aromatic heterocycles. The van der Waals surface area contributed by atoms with Gasteiger partial charge in [-0.05, 0) is 35.1 Å². The van der Waals surface area contributed by atoms with Gasteiger partial charge < -0.3 is 4.74 Å². The first-order valence-corrected chi connectivity index (χ1v) is 5.03. The van der Waals surface area contributed by atoms with E-state index in [0.29, 0.717) is 6.10 Å². The lowest BCUT2D eigenvalue weighted by molar-refractivity contribution is 0.344. The molecule has 1 aromatic rings. The molecule has 2 heteroatoms. The van der Waals surface area contributed by atoms with Crippen molar-refractivity contribution >= 4 is 0 Å². The van der Waals surface area contributed by atoms with Crippen LogP contribution in [0.4, 0.5) is 4.39 Å². The molecular weight excluding hydrogens is 179 g/mol. The number of fused-ring (bicyclic) bond motifs is 3. The molecule has 1 aliphatic carbocycles. The highest BCUT2D eigenvalue weighted by Crippen LogP contribution is 2.53. The summed E-state index contributed by atoms with van der Waals surface area (Å²) in [6.07, 6.45) is 1.56. The van der Waals surface area contributed by atoms with E-state index >= 15 is 0 Å². The third-order valence-electron chi connectivity index (χ3n) is 3.34. The average Bonchev–Trinajstić information content (AvgIpc) is 2.81. The predicted octanol–water partition coefficient (Wildman–Crippen LogP) is 2.95. The summed E-state index contributed by atoms with van der Waals surface area (Å²) < 4.78 is 18.6. The lowest BCUT2D eigenvalue weighted by Crippen LogP contribution is -2.25. The van der Waals surface area contributed by atoms with E-state index < -0.39 is 0 Å². The first-order valence-electron chi connectivity index (χ1n) is 5.03. The quantitative estimate of drug-likeness (QED) is 0.576. The Morgan fingerprint density at radius 2 is 2.21 bits per heavy atom. The molecule has 0 amide bonds. The van der Waals surface area contributed by atoms with Crippen LogP contribution >= 0.6 is 0 Å². The van der Waals surface area contributed by atoms with Gasteiger partial charge in [-0.1, -0.05) is 19.9 Å². The van der Waals surface area contributed by atoms with Crippen molar-refractivity contribution in [2.45, 2.75) is 37.9 Å². The largest absolute Gasteiger partial charge is 0.364 e. The number of rotatable bonds is 0. The van der Waals surface area contributed by atoms with Crippen molar-refractivity contribution in [2.24, 2.45) is 0 Å². The number of hydrogen-bond donors (Lipinski definition) is 0. The van der Waals surface area contributed by atoms with Gasteiger partial charge in [0.05, 0.1) is 6.10 Å². The van der Waals surface area contributed by atoms with Gasteiger partial charge in [0.15, 0.2) is 0 Å². The Morgan fingerprint density at radius 3 is 3.00 bits per heavy atom. The normalized spacial score (nSPS) is 31.9. The molecule has 74 valence electrons. The molecule has 1 aromatic carbocycles. The predicted molar refractivity (Wildman–Crippen MR) is 51.7 cm³/mol. The van der Waals surface area contributed by atoms with Gasteiger partial charge in [0.2, 0.25) is 0 Å². The minimum absolute atomic E-state index is 0.126. The van der Waals surface area contributed by atoms with Gasteiger partial charge in [-0.2, -0.15) is 0 Å². The molecule has 1 aliphatic heterocycles. The second kappa shape index (κ2) is 2.37. The first kappa shape index (κ1) is 8.42. The van der Waals surface area contributed by atoms with E-state index in [9.17, 15) is 4.39 Å². The first-order chi connectivity index (χ1) is 6.58. The number of epoxide rings is 1. The van der Waals surface area contributed by atoms with Crippen LogP contribution in [0.15, 0.2) is 18.2 Å². The zero-order valence-electron chi connectivity index (χ0n) is 8.38. The van der Waals surface area contributed by atoms with E-state index in [-0.39, 0.29) is 17.3 Å². The topological polar surface area (TPSA) is 12.5 Å². The van der Waals surface area contributed by atoms with Crippen LogP contribution < -0.4 is 0 Å². The Labute approximate surface area is 82.9 Å². The lowest BCUT2D eigenvalue weighted by Gasteiger charge is -2.29. The molecule has 1 heterocycles. The Kier molecular flexibility index (Phi) is 1.43. The summed E-state index contributed by atoms with van der Waals surface area (Å²) in [5.41, 5.74) is 2.43. The fraction of sp³-hybridized carbons (Fsp3) is 0.500. The second-order valence-electron chi connectivity index (χ2n) is 4.91. The fourth-order valence-corrected chi connectivity index (χ4v) is 2.57. The number of ether oxygens (including phenoxy) is 1. The second-order valence-corrected chi connectivity index (χ2v) is 4.91. The van der Waals surface area contributed by atoms with Crippen LogP contribution in [0.2, 0.25) is 0 Å². The smallest absolute Gasteiger partial charge is 0.123 e. The molecule has 1 fully saturated rings. The maximum absolute atomic E-state index is 13.1. The highest BCUT2D eigenvalue weighted by atomic mass is 19.1. The fourth-order valence-electron chi connectivity index (χ4n) is 2.57. The zero-order valence-corrected chi connectivity index (χ0v) is 8.38. The number of benzene rings is 1. The van der Waals surface area contributed by atoms with Gasteiger partial charge in [-0.15, -0.1) is 0 Å². The molecule has 0 saturated carbocycles. The Balaban J connectivity index is 2.19. The number of hydrogen-bond acceptors (Lipinski definition) is 1. The van der Waals surface area contributed by atoms with E-state index in [0.717, 1.165) is 12.0 Å². The summed E-state index contributed by atoms with van der Waals surface area (Å²) in [7, 11) is 0. The monoisotopic (exact) mass is 192 g/mol. The maximum Gasteiger partial charge on any atom is 0.123 e. The molecule has 2 atom stereocenters. The van der Waals surface area contributed by atoms with Crippen molar-refractivity contribution in [1.82, 2.24) is 0 Å². The van der Waals surface area contributed by atoms with Crippen LogP contribution in [-0.2, 0) is 10.2 Å². The van der Waals surface area contributed by atoms with Gasteiger partial charge in [0, 0.05) is 0 Å². The minimum Gasteiger partial charge on any atom is -0.364 e. The molecule has 2 unspecified atom stereocenters. The SMILES string of the molecule is CC1(C)CC2OC2c2cc(F)ccc21. The Hall–Kier alpha value is -0.890. The third kappa shape index (κ3) is 1.04. The van der Waals surface area contributed by atoms with E-state index in [2.05, 4.69) is 13.8 Å². The van der Waals surface area contributed by atoms with Gasteiger partial charge in [-0.25, -0.2) is 4.39 Å². The molecule has 0 bridgehead atoms. The molecule has 14 heavy (non-hydrogen) atoms. The van der Waals surface area contributed by atoms with Crippen molar-refractivity contribution in [3.63, 3.8) is 0 Å². The Bertz CT molecular complexity index is 397. The Morgan fingerprint density at radius 1 is 1.43 bits per heavy atom. The summed E-state index contributed by atoms with van der Waals surface area (Å²) in [6.45, 7) is 4.39. The molecule has 0 N–H and O–H groups in total. The van der Waals surface area contributed by atoms with E-state index in [4.69, 9.17) is 4.74 Å². The van der Waals surface area contributed by atoms with Crippen LogP contribution in [0.1, 0.15) is 37.5 Å². The van der Waals surface area contributed by atoms with Crippen LogP contribution in [-0.4, -0.2) is 6.10 Å². The lowest BCUT2D eigenvalue weighted by atomic mass is 9.73. The van der Waals surface area contributed by atoms with E-state index in [1.807, 2.05) is 6.07 Å². The third-order valence-corrected chi connectivity index (χ3v) is 3.34. The van der Waals surface area contributed by atoms with Crippen LogP contribution in [0, 0.1) is 5.82 Å². The highest BCUT2D eigenvalue weighted by Gasteiger charge is 2.50. The zero-order chi connectivity index (χ0) is 9.92. The maximum atomic E-state index is 13.1.